The molecule has 4 nitrogen and oxygen atoms in total. The quantitative estimate of drug-likeness (QED) is 0.516. The average Bonchev–Trinajstić information content (AvgIpc) is 2.74. The van der Waals surface area contributed by atoms with Crippen LogP contribution in [0, 0.1) is 11.8 Å². The highest BCUT2D eigenvalue weighted by Crippen LogP contribution is 2.30. The maximum absolute atomic E-state index is 12.0. The van der Waals surface area contributed by atoms with Crippen molar-refractivity contribution in [1.82, 2.24) is 4.90 Å². The number of carbonyl (C=O) groups is 1. The smallest absolute Gasteiger partial charge is 0.226 e. The Hall–Kier alpha value is -1.85. The number of amides is 1. The molecule has 1 fully saturated rings. The number of halogens is 1. The molecule has 0 aliphatic carbocycles. The number of carbonyl (C=O) groups excluding carboxylic acids is 1. The van der Waals surface area contributed by atoms with Gasteiger partial charge >= 0.3 is 0 Å². The summed E-state index contributed by atoms with van der Waals surface area (Å²) in [5.74, 6) is 2.01. The van der Waals surface area contributed by atoms with Crippen molar-refractivity contribution in [1.29, 1.82) is 0 Å². The Morgan fingerprint density at radius 3 is 2.57 bits per heavy atom. The number of anilines is 1. The van der Waals surface area contributed by atoms with Crippen LogP contribution in [-0.2, 0) is 4.79 Å². The average molecular weight is 473 g/mol. The minimum atomic E-state index is -0.00846. The lowest BCUT2D eigenvalue weighted by Gasteiger charge is -2.34. The van der Waals surface area contributed by atoms with Gasteiger partial charge in [0.05, 0.1) is 11.1 Å². The maximum atomic E-state index is 12.0. The molecule has 5 heteroatoms. The molecular formula is C25H33BrN2O2. The Labute approximate surface area is 189 Å². The van der Waals surface area contributed by atoms with Gasteiger partial charge in [-0.15, -0.1) is 0 Å². The zero-order valence-corrected chi connectivity index (χ0v) is 19.8. The molecule has 1 N–H and O–H groups in total. The van der Waals surface area contributed by atoms with E-state index in [9.17, 15) is 4.79 Å². The highest BCUT2D eigenvalue weighted by molar-refractivity contribution is 9.10. The first-order chi connectivity index (χ1) is 14.4. The van der Waals surface area contributed by atoms with Crippen molar-refractivity contribution < 1.29 is 9.53 Å². The molecule has 0 aromatic heterocycles. The number of hydrogen-bond acceptors (Lipinski definition) is 3. The lowest BCUT2D eigenvalue weighted by atomic mass is 9.89. The number of ether oxygens (including phenoxy) is 1. The third-order valence-electron chi connectivity index (χ3n) is 5.67. The van der Waals surface area contributed by atoms with Gasteiger partial charge in [0.2, 0.25) is 5.91 Å². The zero-order chi connectivity index (χ0) is 21.5. The first-order valence-electron chi connectivity index (χ1n) is 10.9. The highest BCUT2D eigenvalue weighted by Gasteiger charge is 2.22. The van der Waals surface area contributed by atoms with Crippen molar-refractivity contribution in [3.05, 3.63) is 58.6 Å². The van der Waals surface area contributed by atoms with Crippen LogP contribution in [0.25, 0.3) is 0 Å². The summed E-state index contributed by atoms with van der Waals surface area (Å²) in [7, 11) is 0. The number of nitrogens with one attached hydrogen (secondary N) is 1. The fourth-order valence-corrected chi connectivity index (χ4v) is 4.29. The standard InChI is InChI=1S/C25H33BrN2O2/c1-18(2)25(29)27-22-8-6-7-21(15-22)20-11-13-28(14-12-20)16-19(3)17-30-24-10-5-4-9-23(24)26/h4-10,15,18-20H,11-14,16-17H2,1-3H3,(H,27,29). The Balaban J connectivity index is 1.45. The predicted molar refractivity (Wildman–Crippen MR) is 127 cm³/mol. The molecule has 162 valence electrons. The van der Waals surface area contributed by atoms with E-state index in [1.165, 1.54) is 5.56 Å². The minimum Gasteiger partial charge on any atom is -0.492 e. The normalized spacial score (nSPS) is 16.4. The van der Waals surface area contributed by atoms with Gasteiger partial charge in [-0.05, 0) is 77.6 Å². The predicted octanol–water partition coefficient (Wildman–Crippen LogP) is 5.94. The summed E-state index contributed by atoms with van der Waals surface area (Å²) in [5.41, 5.74) is 2.24. The van der Waals surface area contributed by atoms with Gasteiger partial charge in [0.1, 0.15) is 5.75 Å². The van der Waals surface area contributed by atoms with Crippen LogP contribution in [0.4, 0.5) is 5.69 Å². The van der Waals surface area contributed by atoms with Crippen LogP contribution >= 0.6 is 15.9 Å². The fraction of sp³-hybridized carbons (Fsp3) is 0.480. The van der Waals surface area contributed by atoms with Crippen molar-refractivity contribution in [2.75, 3.05) is 31.6 Å². The molecule has 1 heterocycles. The summed E-state index contributed by atoms with van der Waals surface area (Å²) in [4.78, 5) is 14.5. The Bertz CT molecular complexity index is 831. The number of likely N-dealkylation sites (tertiary alicyclic amines) is 1. The molecule has 3 rings (SSSR count). The van der Waals surface area contributed by atoms with Crippen molar-refractivity contribution >= 4 is 27.5 Å². The monoisotopic (exact) mass is 472 g/mol. The van der Waals surface area contributed by atoms with E-state index in [1.54, 1.807) is 0 Å². The van der Waals surface area contributed by atoms with Crippen LogP contribution in [0.2, 0.25) is 0 Å². The van der Waals surface area contributed by atoms with E-state index < -0.39 is 0 Å². The van der Waals surface area contributed by atoms with Gasteiger partial charge in [-0.2, -0.15) is 0 Å². The molecule has 2 aromatic carbocycles. The van der Waals surface area contributed by atoms with Gasteiger partial charge in [0.25, 0.3) is 0 Å². The second-order valence-corrected chi connectivity index (χ2v) is 9.55. The number of para-hydroxylation sites is 1. The van der Waals surface area contributed by atoms with Crippen molar-refractivity contribution in [2.24, 2.45) is 11.8 Å². The molecule has 0 bridgehead atoms. The molecule has 1 saturated heterocycles. The fourth-order valence-electron chi connectivity index (χ4n) is 3.89. The molecule has 30 heavy (non-hydrogen) atoms. The number of hydrogen-bond donors (Lipinski definition) is 1. The van der Waals surface area contributed by atoms with Gasteiger partial charge in [-0.3, -0.25) is 4.79 Å². The third kappa shape index (κ3) is 6.58. The Morgan fingerprint density at radius 1 is 1.13 bits per heavy atom. The van der Waals surface area contributed by atoms with E-state index in [1.807, 2.05) is 44.2 Å². The SMILES string of the molecule is CC(COc1ccccc1Br)CN1CCC(c2cccc(NC(=O)C(C)C)c2)CC1. The van der Waals surface area contributed by atoms with Crippen LogP contribution in [0.3, 0.4) is 0 Å². The minimum absolute atomic E-state index is 0.00846. The van der Waals surface area contributed by atoms with E-state index in [4.69, 9.17) is 4.74 Å². The van der Waals surface area contributed by atoms with Gasteiger partial charge in [0.15, 0.2) is 0 Å². The summed E-state index contributed by atoms with van der Waals surface area (Å²) in [6, 6.07) is 16.4. The van der Waals surface area contributed by atoms with Crippen molar-refractivity contribution in [2.45, 2.75) is 39.5 Å². The molecule has 0 spiro atoms. The highest BCUT2D eigenvalue weighted by atomic mass is 79.9. The van der Waals surface area contributed by atoms with Gasteiger partial charge in [-0.25, -0.2) is 0 Å². The zero-order valence-electron chi connectivity index (χ0n) is 18.2. The van der Waals surface area contributed by atoms with E-state index in [-0.39, 0.29) is 11.8 Å². The summed E-state index contributed by atoms with van der Waals surface area (Å²) in [5, 5.41) is 3.02. The van der Waals surface area contributed by atoms with Gasteiger partial charge in [-0.1, -0.05) is 45.0 Å². The Morgan fingerprint density at radius 2 is 1.87 bits per heavy atom. The lowest BCUT2D eigenvalue weighted by Crippen LogP contribution is -2.37. The second-order valence-electron chi connectivity index (χ2n) is 8.69. The molecule has 1 unspecified atom stereocenters. The summed E-state index contributed by atoms with van der Waals surface area (Å²) in [6.07, 6.45) is 2.30. The number of benzene rings is 2. The molecule has 0 radical (unpaired) electrons. The maximum Gasteiger partial charge on any atom is 0.226 e. The molecule has 1 amide bonds. The van der Waals surface area contributed by atoms with Crippen LogP contribution in [-0.4, -0.2) is 37.0 Å². The number of nitrogens with zero attached hydrogens (tertiary/aromatic N) is 1. The van der Waals surface area contributed by atoms with Gasteiger partial charge in [0, 0.05) is 24.1 Å². The third-order valence-corrected chi connectivity index (χ3v) is 6.32. The van der Waals surface area contributed by atoms with E-state index in [0.29, 0.717) is 11.8 Å². The van der Waals surface area contributed by atoms with E-state index >= 15 is 0 Å². The van der Waals surface area contributed by atoms with E-state index in [0.717, 1.165) is 55.0 Å². The first-order valence-corrected chi connectivity index (χ1v) is 11.7. The Kier molecular flexibility index (Phi) is 8.34. The van der Waals surface area contributed by atoms with Crippen molar-refractivity contribution in [3.63, 3.8) is 0 Å². The van der Waals surface area contributed by atoms with Gasteiger partial charge < -0.3 is 15.0 Å². The van der Waals surface area contributed by atoms with E-state index in [2.05, 4.69) is 51.3 Å². The second kappa shape index (κ2) is 11.0. The van der Waals surface area contributed by atoms with Crippen LogP contribution in [0.15, 0.2) is 53.0 Å². The first kappa shape index (κ1) is 22.8. The molecular weight excluding hydrogens is 440 g/mol. The lowest BCUT2D eigenvalue weighted by molar-refractivity contribution is -0.118. The summed E-state index contributed by atoms with van der Waals surface area (Å²) >= 11 is 3.54. The summed E-state index contributed by atoms with van der Waals surface area (Å²) in [6.45, 7) is 10.1. The van der Waals surface area contributed by atoms with Crippen LogP contribution < -0.4 is 10.1 Å². The number of piperidine rings is 1. The molecule has 2 aromatic rings. The molecule has 1 atom stereocenters. The molecule has 1 aliphatic rings. The molecule has 0 saturated carbocycles. The largest absolute Gasteiger partial charge is 0.492 e. The van der Waals surface area contributed by atoms with Crippen LogP contribution in [0.1, 0.15) is 45.1 Å². The summed E-state index contributed by atoms with van der Waals surface area (Å²) < 4.78 is 6.99. The van der Waals surface area contributed by atoms with Crippen molar-refractivity contribution in [3.8, 4) is 5.75 Å². The molecule has 1 aliphatic heterocycles. The number of rotatable bonds is 8. The topological polar surface area (TPSA) is 41.6 Å². The van der Waals surface area contributed by atoms with Crippen LogP contribution in [0.5, 0.6) is 5.75 Å².